The molecule has 0 bridgehead atoms. The minimum atomic E-state index is -4.71. The Kier molecular flexibility index (Phi) is 8.43. The molecule has 0 unspecified atom stereocenters. The van der Waals surface area contributed by atoms with Crippen molar-refractivity contribution in [3.63, 3.8) is 0 Å². The smallest absolute Gasteiger partial charge is 0.348 e. The summed E-state index contributed by atoms with van der Waals surface area (Å²) in [5.41, 5.74) is -1.58. The van der Waals surface area contributed by atoms with Gasteiger partial charge in [0.2, 0.25) is 0 Å². The van der Waals surface area contributed by atoms with E-state index in [1.54, 1.807) is 30.3 Å². The number of alkyl halides is 6. The Morgan fingerprint density at radius 2 is 1.27 bits per heavy atom. The molecule has 41 heavy (non-hydrogen) atoms. The van der Waals surface area contributed by atoms with Crippen LogP contribution >= 0.6 is 0 Å². The molecule has 0 aliphatic rings. The lowest BCUT2D eigenvalue weighted by atomic mass is 10.1. The molecule has 0 saturated carbocycles. The monoisotopic (exact) mass is 592 g/mol. The molecule has 0 aromatic heterocycles. The van der Waals surface area contributed by atoms with Crippen LogP contribution in [0.25, 0.3) is 0 Å². The average molecular weight is 593 g/mol. The molecule has 4 aromatic carbocycles. The molecule has 4 aromatic rings. The number of carbonyl (C=O) groups excluding carboxylic acids is 1. The van der Waals surface area contributed by atoms with E-state index in [4.69, 9.17) is 0 Å². The summed E-state index contributed by atoms with van der Waals surface area (Å²) in [6, 6.07) is 21.4. The van der Waals surface area contributed by atoms with Crippen LogP contribution in [0.2, 0.25) is 0 Å². The Morgan fingerprint density at radius 3 is 1.93 bits per heavy atom. The lowest BCUT2D eigenvalue weighted by Gasteiger charge is -2.25. The molecule has 12 heteroatoms. The molecule has 4 rings (SSSR count). The molecular weight excluding hydrogens is 570 g/mol. The first-order valence-electron chi connectivity index (χ1n) is 12.0. The van der Waals surface area contributed by atoms with Crippen molar-refractivity contribution in [2.24, 2.45) is 0 Å². The lowest BCUT2D eigenvalue weighted by molar-refractivity contribution is -0.138. The van der Waals surface area contributed by atoms with E-state index in [1.807, 2.05) is 0 Å². The molecule has 1 amide bonds. The van der Waals surface area contributed by atoms with E-state index in [0.29, 0.717) is 5.56 Å². The zero-order valence-corrected chi connectivity index (χ0v) is 21.9. The summed E-state index contributed by atoms with van der Waals surface area (Å²) in [5, 5.41) is 2.46. The summed E-state index contributed by atoms with van der Waals surface area (Å²) in [6.45, 7) is -0.555. The van der Waals surface area contributed by atoms with Crippen molar-refractivity contribution in [1.29, 1.82) is 0 Å². The van der Waals surface area contributed by atoms with E-state index in [2.05, 4.69) is 5.32 Å². The third-order valence-electron chi connectivity index (χ3n) is 6.02. The highest BCUT2D eigenvalue weighted by atomic mass is 32.2. The minimum absolute atomic E-state index is 0.109. The second-order valence-electron chi connectivity index (χ2n) is 8.95. The molecular formula is C29H22F6N2O3S. The Bertz CT molecular complexity index is 1640. The van der Waals surface area contributed by atoms with E-state index < -0.39 is 39.4 Å². The highest BCUT2D eigenvalue weighted by Gasteiger charge is 2.33. The summed E-state index contributed by atoms with van der Waals surface area (Å²) in [6.07, 6.45) is -9.27. The first-order chi connectivity index (χ1) is 19.2. The number of amides is 1. The van der Waals surface area contributed by atoms with E-state index >= 15 is 0 Å². The average Bonchev–Trinajstić information content (AvgIpc) is 2.94. The summed E-state index contributed by atoms with van der Waals surface area (Å²) in [7, 11) is -4.50. The lowest BCUT2D eigenvalue weighted by Crippen LogP contribution is -2.31. The predicted octanol–water partition coefficient (Wildman–Crippen LogP) is 7.05. The highest BCUT2D eigenvalue weighted by molar-refractivity contribution is 7.92. The van der Waals surface area contributed by atoms with Crippen LogP contribution in [0.4, 0.5) is 32.0 Å². The van der Waals surface area contributed by atoms with Crippen LogP contribution in [0, 0.1) is 0 Å². The molecule has 0 fully saturated rings. The number of anilines is 1. The molecule has 5 nitrogen and oxygen atoms in total. The Morgan fingerprint density at radius 1 is 0.683 bits per heavy atom. The van der Waals surface area contributed by atoms with Gasteiger partial charge in [0.25, 0.3) is 15.9 Å². The summed E-state index contributed by atoms with van der Waals surface area (Å²) in [5.74, 6) is -0.756. The van der Waals surface area contributed by atoms with Crippen molar-refractivity contribution in [3.8, 4) is 0 Å². The van der Waals surface area contributed by atoms with Crippen LogP contribution in [0.1, 0.15) is 32.6 Å². The molecule has 0 saturated heterocycles. The summed E-state index contributed by atoms with van der Waals surface area (Å²) >= 11 is 0. The molecule has 0 heterocycles. The number of hydrogen-bond acceptors (Lipinski definition) is 3. The van der Waals surface area contributed by atoms with Gasteiger partial charge in [-0.05, 0) is 59.7 Å². The van der Waals surface area contributed by atoms with E-state index in [1.165, 1.54) is 36.4 Å². The third kappa shape index (κ3) is 7.26. The highest BCUT2D eigenvalue weighted by Crippen LogP contribution is 2.34. The predicted molar refractivity (Wildman–Crippen MR) is 140 cm³/mol. The van der Waals surface area contributed by atoms with E-state index in [-0.39, 0.29) is 34.8 Å². The topological polar surface area (TPSA) is 66.5 Å². The number of hydrogen-bond donors (Lipinski definition) is 1. The van der Waals surface area contributed by atoms with Crippen LogP contribution < -0.4 is 9.62 Å². The van der Waals surface area contributed by atoms with E-state index in [9.17, 15) is 39.6 Å². The first kappa shape index (κ1) is 29.7. The Labute approximate surface area is 232 Å². The van der Waals surface area contributed by atoms with Gasteiger partial charge in [-0.2, -0.15) is 26.3 Å². The normalized spacial score (nSPS) is 12.1. The zero-order chi connectivity index (χ0) is 29.8. The van der Waals surface area contributed by atoms with Crippen LogP contribution in [0.15, 0.2) is 108 Å². The molecule has 1 N–H and O–H groups in total. The van der Waals surface area contributed by atoms with Gasteiger partial charge in [-0.15, -0.1) is 0 Å². The van der Waals surface area contributed by atoms with Crippen molar-refractivity contribution in [1.82, 2.24) is 5.32 Å². The van der Waals surface area contributed by atoms with Crippen molar-refractivity contribution in [3.05, 3.63) is 131 Å². The quantitative estimate of drug-likeness (QED) is 0.223. The maximum atomic E-state index is 13.8. The zero-order valence-electron chi connectivity index (χ0n) is 21.1. The number of rotatable bonds is 8. The Hall–Kier alpha value is -4.32. The fourth-order valence-electron chi connectivity index (χ4n) is 3.97. The maximum Gasteiger partial charge on any atom is 0.416 e. The summed E-state index contributed by atoms with van der Waals surface area (Å²) in [4.78, 5) is 12.4. The standard InChI is InChI=1S/C29H22F6N2O3S/c30-28(31,32)23-11-4-9-21(15-23)18-36-27(38)22-10-5-14-26(16-22)41(39,40)37(19-20-7-2-1-3-8-20)25-13-6-12-24(17-25)29(33,34)35/h1-17H,18-19H2,(H,36,38). The number of nitrogens with one attached hydrogen (secondary N) is 1. The SMILES string of the molecule is O=C(NCc1cccc(C(F)(F)F)c1)c1cccc(S(=O)(=O)N(Cc2ccccc2)c2cccc(C(F)(F)F)c2)c1. The molecule has 0 radical (unpaired) electrons. The van der Waals surface area contributed by atoms with Crippen LogP contribution in [0.5, 0.6) is 0 Å². The molecule has 0 aliphatic carbocycles. The van der Waals surface area contributed by atoms with Crippen molar-refractivity contribution >= 4 is 21.6 Å². The molecule has 0 aliphatic heterocycles. The number of benzene rings is 4. The van der Waals surface area contributed by atoms with Crippen LogP contribution in [0.3, 0.4) is 0 Å². The number of nitrogens with zero attached hydrogens (tertiary/aromatic N) is 1. The number of halogens is 6. The van der Waals surface area contributed by atoms with Crippen molar-refractivity contribution < 1.29 is 39.6 Å². The van der Waals surface area contributed by atoms with Crippen molar-refractivity contribution in [2.75, 3.05) is 4.31 Å². The first-order valence-corrected chi connectivity index (χ1v) is 13.5. The third-order valence-corrected chi connectivity index (χ3v) is 7.79. The largest absolute Gasteiger partial charge is 0.416 e. The van der Waals surface area contributed by atoms with Gasteiger partial charge in [-0.1, -0.05) is 54.6 Å². The number of sulfonamides is 1. The fraction of sp³-hybridized carbons (Fsp3) is 0.138. The molecule has 0 spiro atoms. The van der Waals surface area contributed by atoms with Crippen LogP contribution in [-0.2, 0) is 35.5 Å². The van der Waals surface area contributed by atoms with Crippen LogP contribution in [-0.4, -0.2) is 14.3 Å². The second-order valence-corrected chi connectivity index (χ2v) is 10.8. The van der Waals surface area contributed by atoms with Gasteiger partial charge in [0.05, 0.1) is 28.3 Å². The molecule has 214 valence electrons. The fourth-order valence-corrected chi connectivity index (χ4v) is 5.46. The van der Waals surface area contributed by atoms with Gasteiger partial charge in [-0.3, -0.25) is 9.10 Å². The van der Waals surface area contributed by atoms with Crippen molar-refractivity contribution in [2.45, 2.75) is 30.3 Å². The minimum Gasteiger partial charge on any atom is -0.348 e. The van der Waals surface area contributed by atoms with Gasteiger partial charge < -0.3 is 5.32 Å². The van der Waals surface area contributed by atoms with E-state index in [0.717, 1.165) is 40.7 Å². The maximum absolute atomic E-state index is 13.8. The Balaban J connectivity index is 1.64. The second kappa shape index (κ2) is 11.7. The van der Waals surface area contributed by atoms with Gasteiger partial charge in [-0.25, -0.2) is 8.42 Å². The summed E-state index contributed by atoms with van der Waals surface area (Å²) < 4.78 is 108. The van der Waals surface area contributed by atoms with Gasteiger partial charge >= 0.3 is 12.4 Å². The van der Waals surface area contributed by atoms with Gasteiger partial charge in [0.15, 0.2) is 0 Å². The number of carbonyl (C=O) groups is 1. The molecule has 0 atom stereocenters. The van der Waals surface area contributed by atoms with Gasteiger partial charge in [0, 0.05) is 12.1 Å². The van der Waals surface area contributed by atoms with Gasteiger partial charge in [0.1, 0.15) is 0 Å².